The summed E-state index contributed by atoms with van der Waals surface area (Å²) in [7, 11) is 1.57. The molecule has 1 N–H and O–H groups in total. The highest BCUT2D eigenvalue weighted by Crippen LogP contribution is 2.40. The van der Waals surface area contributed by atoms with Crippen LogP contribution in [0.15, 0.2) is 78.4 Å². The van der Waals surface area contributed by atoms with E-state index in [9.17, 15) is 14.7 Å². The Kier molecular flexibility index (Phi) is 6.68. The third-order valence-corrected chi connectivity index (χ3v) is 5.86. The van der Waals surface area contributed by atoms with E-state index in [0.717, 1.165) is 11.1 Å². The van der Waals surface area contributed by atoms with Crippen LogP contribution in [0.2, 0.25) is 0 Å². The average Bonchev–Trinajstić information content (AvgIpc) is 3.09. The molecule has 3 aromatic rings. The van der Waals surface area contributed by atoms with Gasteiger partial charge in [0.2, 0.25) is 0 Å². The molecule has 1 aliphatic heterocycles. The number of carbonyl (C=O) groups excluding carboxylic acids is 2. The van der Waals surface area contributed by atoms with E-state index in [2.05, 4.69) is 0 Å². The van der Waals surface area contributed by atoms with E-state index < -0.39 is 17.7 Å². The van der Waals surface area contributed by atoms with Crippen molar-refractivity contribution in [1.29, 1.82) is 0 Å². The number of aliphatic hydroxyl groups is 1. The van der Waals surface area contributed by atoms with Gasteiger partial charge in [0.1, 0.15) is 17.3 Å². The molecule has 0 saturated carbocycles. The number of Topliss-reactive ketones (excluding diaryl/α,β-unsaturated/α-hetero) is 1. The number of aryl methyl sites for hydroxylation is 1. The number of hydrogen-bond donors (Lipinski definition) is 1. The molecule has 6 heteroatoms. The van der Waals surface area contributed by atoms with Gasteiger partial charge in [0.05, 0.1) is 25.3 Å². The van der Waals surface area contributed by atoms with Crippen molar-refractivity contribution in [3.8, 4) is 11.5 Å². The van der Waals surface area contributed by atoms with Crippen molar-refractivity contribution in [1.82, 2.24) is 4.90 Å². The Balaban J connectivity index is 1.81. The topological polar surface area (TPSA) is 76.1 Å². The minimum atomic E-state index is -0.747. The summed E-state index contributed by atoms with van der Waals surface area (Å²) in [4.78, 5) is 27.9. The van der Waals surface area contributed by atoms with Gasteiger partial charge < -0.3 is 19.5 Å². The first-order chi connectivity index (χ1) is 16.4. The molecule has 1 fully saturated rings. The van der Waals surface area contributed by atoms with E-state index in [0.29, 0.717) is 29.2 Å². The second-order valence-corrected chi connectivity index (χ2v) is 8.15. The standard InChI is InChI=1S/C28H27NO5/c1-4-34-23-7-5-6-19(16-23)17-29-25(20-12-14-22(33-3)15-13-20)24(27(31)28(29)32)26(30)21-10-8-18(2)9-11-21/h5-16,25,30H,4,17H2,1-3H3/b26-24-. The molecule has 1 saturated heterocycles. The quantitative estimate of drug-likeness (QED) is 0.306. The van der Waals surface area contributed by atoms with Crippen molar-refractivity contribution in [2.45, 2.75) is 26.4 Å². The fourth-order valence-corrected chi connectivity index (χ4v) is 4.14. The number of benzene rings is 3. The van der Waals surface area contributed by atoms with Gasteiger partial charge in [0.15, 0.2) is 0 Å². The number of ether oxygens (including phenoxy) is 2. The second-order valence-electron chi connectivity index (χ2n) is 8.15. The highest BCUT2D eigenvalue weighted by molar-refractivity contribution is 6.46. The molecular weight excluding hydrogens is 430 g/mol. The maximum Gasteiger partial charge on any atom is 0.295 e. The van der Waals surface area contributed by atoms with E-state index in [1.165, 1.54) is 4.90 Å². The zero-order valence-electron chi connectivity index (χ0n) is 19.4. The molecule has 0 aliphatic carbocycles. The predicted octanol–water partition coefficient (Wildman–Crippen LogP) is 5.02. The normalized spacial score (nSPS) is 17.1. The minimum Gasteiger partial charge on any atom is -0.507 e. The summed E-state index contributed by atoms with van der Waals surface area (Å²) in [5.74, 6) is -0.207. The van der Waals surface area contributed by atoms with Gasteiger partial charge >= 0.3 is 0 Å². The number of methoxy groups -OCH3 is 1. The third-order valence-electron chi connectivity index (χ3n) is 5.86. The molecule has 1 aliphatic rings. The van der Waals surface area contributed by atoms with Crippen LogP contribution in [0.5, 0.6) is 11.5 Å². The summed E-state index contributed by atoms with van der Waals surface area (Å²) in [5.41, 5.74) is 3.11. The van der Waals surface area contributed by atoms with E-state index in [-0.39, 0.29) is 17.9 Å². The predicted molar refractivity (Wildman–Crippen MR) is 130 cm³/mol. The molecule has 1 unspecified atom stereocenters. The zero-order valence-corrected chi connectivity index (χ0v) is 19.4. The lowest BCUT2D eigenvalue weighted by Crippen LogP contribution is -2.29. The van der Waals surface area contributed by atoms with Crippen LogP contribution in [0, 0.1) is 6.92 Å². The van der Waals surface area contributed by atoms with E-state index in [1.54, 1.807) is 43.5 Å². The molecule has 4 rings (SSSR count). The third kappa shape index (κ3) is 4.53. The first-order valence-corrected chi connectivity index (χ1v) is 11.1. The highest BCUT2D eigenvalue weighted by atomic mass is 16.5. The van der Waals surface area contributed by atoms with Gasteiger partial charge in [0.25, 0.3) is 11.7 Å². The number of aliphatic hydroxyl groups excluding tert-OH is 1. The first-order valence-electron chi connectivity index (χ1n) is 11.1. The maximum absolute atomic E-state index is 13.2. The number of nitrogens with zero attached hydrogens (tertiary/aromatic N) is 1. The van der Waals surface area contributed by atoms with Crippen LogP contribution in [-0.2, 0) is 16.1 Å². The van der Waals surface area contributed by atoms with Crippen molar-refractivity contribution in [2.75, 3.05) is 13.7 Å². The van der Waals surface area contributed by atoms with Crippen LogP contribution in [0.4, 0.5) is 0 Å². The Morgan fingerprint density at radius 1 is 0.971 bits per heavy atom. The Morgan fingerprint density at radius 2 is 1.68 bits per heavy atom. The summed E-state index contributed by atoms with van der Waals surface area (Å²) >= 11 is 0. The molecule has 1 heterocycles. The largest absolute Gasteiger partial charge is 0.507 e. The van der Waals surface area contributed by atoms with Crippen LogP contribution in [0.1, 0.15) is 35.2 Å². The van der Waals surface area contributed by atoms with E-state index in [4.69, 9.17) is 9.47 Å². The minimum absolute atomic E-state index is 0.0694. The van der Waals surface area contributed by atoms with Gasteiger partial charge in [0, 0.05) is 12.1 Å². The smallest absolute Gasteiger partial charge is 0.295 e. The van der Waals surface area contributed by atoms with Crippen molar-refractivity contribution >= 4 is 17.4 Å². The fraction of sp³-hybridized carbons (Fsp3) is 0.214. The molecule has 34 heavy (non-hydrogen) atoms. The number of likely N-dealkylation sites (tertiary alicyclic amines) is 1. The Hall–Kier alpha value is -4.06. The molecule has 0 bridgehead atoms. The van der Waals surface area contributed by atoms with Crippen LogP contribution >= 0.6 is 0 Å². The molecule has 3 aromatic carbocycles. The first kappa shape index (κ1) is 23.1. The molecule has 174 valence electrons. The number of ketones is 1. The summed E-state index contributed by atoms with van der Waals surface area (Å²) in [5, 5.41) is 11.2. The van der Waals surface area contributed by atoms with Crippen LogP contribution in [-0.4, -0.2) is 35.4 Å². The van der Waals surface area contributed by atoms with E-state index >= 15 is 0 Å². The monoisotopic (exact) mass is 457 g/mol. The Morgan fingerprint density at radius 3 is 2.32 bits per heavy atom. The summed E-state index contributed by atoms with van der Waals surface area (Å²) in [6.07, 6.45) is 0. The van der Waals surface area contributed by atoms with Crippen molar-refractivity contribution in [3.63, 3.8) is 0 Å². The van der Waals surface area contributed by atoms with Crippen molar-refractivity contribution in [2.24, 2.45) is 0 Å². The fourth-order valence-electron chi connectivity index (χ4n) is 4.14. The van der Waals surface area contributed by atoms with Crippen LogP contribution < -0.4 is 9.47 Å². The Labute approximate surface area is 199 Å². The van der Waals surface area contributed by atoms with Gasteiger partial charge in [-0.2, -0.15) is 0 Å². The van der Waals surface area contributed by atoms with Crippen molar-refractivity contribution < 1.29 is 24.2 Å². The van der Waals surface area contributed by atoms with E-state index in [1.807, 2.05) is 50.2 Å². The lowest BCUT2D eigenvalue weighted by atomic mass is 9.95. The molecular formula is C28H27NO5. The number of amides is 1. The number of hydrogen-bond acceptors (Lipinski definition) is 5. The van der Waals surface area contributed by atoms with Crippen LogP contribution in [0.3, 0.4) is 0 Å². The van der Waals surface area contributed by atoms with Crippen LogP contribution in [0.25, 0.3) is 5.76 Å². The Bertz CT molecular complexity index is 1230. The lowest BCUT2D eigenvalue weighted by Gasteiger charge is -2.25. The second kappa shape index (κ2) is 9.83. The summed E-state index contributed by atoms with van der Waals surface area (Å²) < 4.78 is 10.9. The average molecular weight is 458 g/mol. The van der Waals surface area contributed by atoms with Gasteiger partial charge in [-0.25, -0.2) is 0 Å². The lowest BCUT2D eigenvalue weighted by molar-refractivity contribution is -0.140. The molecule has 0 aromatic heterocycles. The van der Waals surface area contributed by atoms with Gasteiger partial charge in [-0.05, 0) is 49.2 Å². The summed E-state index contributed by atoms with van der Waals surface area (Å²) in [6.45, 7) is 4.56. The molecule has 0 spiro atoms. The van der Waals surface area contributed by atoms with Gasteiger partial charge in [-0.1, -0.05) is 54.1 Å². The van der Waals surface area contributed by atoms with Gasteiger partial charge in [-0.15, -0.1) is 0 Å². The molecule has 1 atom stereocenters. The molecule has 0 radical (unpaired) electrons. The number of carbonyl (C=O) groups is 2. The summed E-state index contributed by atoms with van der Waals surface area (Å²) in [6, 6.07) is 21.1. The van der Waals surface area contributed by atoms with Gasteiger partial charge in [-0.3, -0.25) is 9.59 Å². The molecule has 1 amide bonds. The SMILES string of the molecule is CCOc1cccc(CN2C(=O)C(=O)/C(=C(\O)c3ccc(C)cc3)C2c2ccc(OC)cc2)c1. The maximum atomic E-state index is 13.2. The zero-order chi connectivity index (χ0) is 24.2. The number of rotatable bonds is 7. The molecule has 6 nitrogen and oxygen atoms in total. The highest BCUT2D eigenvalue weighted by Gasteiger charge is 2.46. The van der Waals surface area contributed by atoms with Crippen molar-refractivity contribution in [3.05, 3.63) is 101 Å².